The van der Waals surface area contributed by atoms with Gasteiger partial charge in [-0.05, 0) is 42.7 Å². The standard InChI is InChI=1S/C19H24FN5O/c20-14-8-6-13(7-9-14)12-22-17-11-10-16(18(21)25-17)24-19(26)23-15-4-2-1-3-5-15/h6-11,15H,1-5,12H2,(H3,21,22,25)(H2,23,24,26). The minimum absolute atomic E-state index is 0.231. The number of rotatable bonds is 5. The van der Waals surface area contributed by atoms with Crippen molar-refractivity contribution in [2.24, 2.45) is 0 Å². The molecule has 1 aliphatic carbocycles. The SMILES string of the molecule is Nc1nc(NCc2ccc(F)cc2)ccc1NC(=O)NC1CCCCC1. The average molecular weight is 357 g/mol. The van der Waals surface area contributed by atoms with Crippen molar-refractivity contribution < 1.29 is 9.18 Å². The summed E-state index contributed by atoms with van der Waals surface area (Å²) in [5.74, 6) is 0.566. The largest absolute Gasteiger partial charge is 0.382 e. The summed E-state index contributed by atoms with van der Waals surface area (Å²) in [4.78, 5) is 16.4. The molecule has 0 spiro atoms. The van der Waals surface area contributed by atoms with Gasteiger partial charge in [0.25, 0.3) is 0 Å². The number of benzene rings is 1. The topological polar surface area (TPSA) is 92.1 Å². The second-order valence-corrected chi connectivity index (χ2v) is 6.54. The zero-order valence-corrected chi connectivity index (χ0v) is 14.6. The maximum Gasteiger partial charge on any atom is 0.319 e. The fraction of sp³-hybridized carbons (Fsp3) is 0.368. The van der Waals surface area contributed by atoms with Crippen LogP contribution in [0.4, 0.5) is 26.5 Å². The van der Waals surface area contributed by atoms with Gasteiger partial charge in [0, 0.05) is 12.6 Å². The zero-order valence-electron chi connectivity index (χ0n) is 14.6. The third kappa shape index (κ3) is 5.08. The minimum atomic E-state index is -0.266. The first-order valence-electron chi connectivity index (χ1n) is 8.92. The molecular formula is C19H24FN5O. The molecule has 0 bridgehead atoms. The van der Waals surface area contributed by atoms with Crippen LogP contribution in [0.3, 0.4) is 0 Å². The van der Waals surface area contributed by atoms with Crippen molar-refractivity contribution in [3.05, 3.63) is 47.8 Å². The summed E-state index contributed by atoms with van der Waals surface area (Å²) in [6.07, 6.45) is 5.59. The summed E-state index contributed by atoms with van der Waals surface area (Å²) < 4.78 is 12.9. The Morgan fingerprint density at radius 2 is 1.85 bits per heavy atom. The van der Waals surface area contributed by atoms with Gasteiger partial charge in [-0.3, -0.25) is 0 Å². The van der Waals surface area contributed by atoms with E-state index in [1.807, 2.05) is 0 Å². The molecule has 0 saturated heterocycles. The van der Waals surface area contributed by atoms with Crippen LogP contribution in [0.1, 0.15) is 37.7 Å². The number of aromatic nitrogens is 1. The number of pyridine rings is 1. The number of carbonyl (C=O) groups excluding carboxylic acids is 1. The van der Waals surface area contributed by atoms with E-state index in [2.05, 4.69) is 20.9 Å². The van der Waals surface area contributed by atoms with Gasteiger partial charge < -0.3 is 21.7 Å². The molecular weight excluding hydrogens is 333 g/mol. The van der Waals surface area contributed by atoms with Gasteiger partial charge in [-0.1, -0.05) is 31.4 Å². The van der Waals surface area contributed by atoms with E-state index in [1.165, 1.54) is 18.6 Å². The lowest BCUT2D eigenvalue weighted by Crippen LogP contribution is -2.39. The Kier molecular flexibility index (Phi) is 5.88. The summed E-state index contributed by atoms with van der Waals surface area (Å²) in [6, 6.07) is 9.68. The smallest absolute Gasteiger partial charge is 0.319 e. The van der Waals surface area contributed by atoms with E-state index < -0.39 is 0 Å². The Labute approximate surface area is 152 Å². The van der Waals surface area contributed by atoms with Gasteiger partial charge in [-0.2, -0.15) is 0 Å². The molecule has 0 aliphatic heterocycles. The molecule has 1 fully saturated rings. The number of carbonyl (C=O) groups is 1. The van der Waals surface area contributed by atoms with E-state index in [0.717, 1.165) is 31.2 Å². The van der Waals surface area contributed by atoms with Gasteiger partial charge in [0.05, 0.1) is 5.69 Å². The summed E-state index contributed by atoms with van der Waals surface area (Å²) in [5, 5.41) is 8.86. The van der Waals surface area contributed by atoms with Crippen LogP contribution in [0.5, 0.6) is 0 Å². The van der Waals surface area contributed by atoms with Crippen LogP contribution >= 0.6 is 0 Å². The van der Waals surface area contributed by atoms with Crippen LogP contribution < -0.4 is 21.7 Å². The first kappa shape index (κ1) is 18.0. The monoisotopic (exact) mass is 357 g/mol. The van der Waals surface area contributed by atoms with Crippen LogP contribution in [0.15, 0.2) is 36.4 Å². The number of nitrogen functional groups attached to an aromatic ring is 1. The Morgan fingerprint density at radius 1 is 1.12 bits per heavy atom. The normalized spacial score (nSPS) is 14.7. The molecule has 3 rings (SSSR count). The Bertz CT molecular complexity index is 744. The minimum Gasteiger partial charge on any atom is -0.382 e. The second kappa shape index (κ2) is 8.51. The van der Waals surface area contributed by atoms with Crippen LogP contribution in [-0.4, -0.2) is 17.1 Å². The number of nitrogens with zero attached hydrogens (tertiary/aromatic N) is 1. The van der Waals surface area contributed by atoms with E-state index in [9.17, 15) is 9.18 Å². The molecule has 5 N–H and O–H groups in total. The number of hydrogen-bond donors (Lipinski definition) is 4. The van der Waals surface area contributed by atoms with Crippen LogP contribution in [0.2, 0.25) is 0 Å². The number of nitrogens with one attached hydrogen (secondary N) is 3. The molecule has 2 aromatic rings. The lowest BCUT2D eigenvalue weighted by atomic mass is 9.96. The fourth-order valence-corrected chi connectivity index (χ4v) is 3.06. The molecule has 0 atom stereocenters. The molecule has 0 radical (unpaired) electrons. The van der Waals surface area contributed by atoms with E-state index >= 15 is 0 Å². The number of nitrogens with two attached hydrogens (primary N) is 1. The first-order chi connectivity index (χ1) is 12.6. The van der Waals surface area contributed by atoms with Gasteiger partial charge in [0.15, 0.2) is 0 Å². The van der Waals surface area contributed by atoms with Crippen molar-refractivity contribution in [1.82, 2.24) is 10.3 Å². The summed E-state index contributed by atoms with van der Waals surface area (Å²) in [7, 11) is 0. The zero-order chi connectivity index (χ0) is 18.4. The lowest BCUT2D eigenvalue weighted by Gasteiger charge is -2.23. The predicted octanol–water partition coefficient (Wildman–Crippen LogP) is 3.87. The Morgan fingerprint density at radius 3 is 2.54 bits per heavy atom. The van der Waals surface area contributed by atoms with Crippen LogP contribution in [0.25, 0.3) is 0 Å². The number of amides is 2. The van der Waals surface area contributed by atoms with E-state index in [1.54, 1.807) is 24.3 Å². The summed E-state index contributed by atoms with van der Waals surface area (Å²) in [6.45, 7) is 0.502. The third-order valence-electron chi connectivity index (χ3n) is 4.50. The maximum atomic E-state index is 12.9. The van der Waals surface area contributed by atoms with Crippen LogP contribution in [0, 0.1) is 5.82 Å². The number of halogens is 1. The fourth-order valence-electron chi connectivity index (χ4n) is 3.06. The molecule has 7 heteroatoms. The highest BCUT2D eigenvalue weighted by atomic mass is 19.1. The van der Waals surface area contributed by atoms with Gasteiger partial charge >= 0.3 is 6.03 Å². The van der Waals surface area contributed by atoms with E-state index in [-0.39, 0.29) is 23.7 Å². The van der Waals surface area contributed by atoms with Gasteiger partial charge in [0.2, 0.25) is 0 Å². The number of hydrogen-bond acceptors (Lipinski definition) is 4. The highest BCUT2D eigenvalue weighted by molar-refractivity contribution is 5.92. The summed E-state index contributed by atoms with van der Waals surface area (Å²) in [5.41, 5.74) is 7.36. The molecule has 138 valence electrons. The van der Waals surface area contributed by atoms with Gasteiger partial charge in [-0.25, -0.2) is 14.2 Å². The molecule has 2 amide bonds. The molecule has 1 aliphatic rings. The lowest BCUT2D eigenvalue weighted by molar-refractivity contribution is 0.244. The molecule has 1 aromatic carbocycles. The van der Waals surface area contributed by atoms with E-state index in [4.69, 9.17) is 5.73 Å². The van der Waals surface area contributed by atoms with Crippen molar-refractivity contribution in [3.8, 4) is 0 Å². The molecule has 6 nitrogen and oxygen atoms in total. The number of urea groups is 1. The summed E-state index contributed by atoms with van der Waals surface area (Å²) >= 11 is 0. The highest BCUT2D eigenvalue weighted by Crippen LogP contribution is 2.20. The quantitative estimate of drug-likeness (QED) is 0.654. The molecule has 1 saturated carbocycles. The van der Waals surface area contributed by atoms with Gasteiger partial charge in [-0.15, -0.1) is 0 Å². The Hall–Kier alpha value is -2.83. The molecule has 0 unspecified atom stereocenters. The van der Waals surface area contributed by atoms with Crippen molar-refractivity contribution >= 4 is 23.4 Å². The second-order valence-electron chi connectivity index (χ2n) is 6.54. The van der Waals surface area contributed by atoms with Crippen molar-refractivity contribution in [3.63, 3.8) is 0 Å². The number of anilines is 3. The van der Waals surface area contributed by atoms with Gasteiger partial charge in [0.1, 0.15) is 17.5 Å². The Balaban J connectivity index is 1.53. The van der Waals surface area contributed by atoms with Crippen molar-refractivity contribution in [2.75, 3.05) is 16.4 Å². The van der Waals surface area contributed by atoms with E-state index in [0.29, 0.717) is 18.1 Å². The first-order valence-corrected chi connectivity index (χ1v) is 8.92. The molecule has 26 heavy (non-hydrogen) atoms. The highest BCUT2D eigenvalue weighted by Gasteiger charge is 2.16. The third-order valence-corrected chi connectivity index (χ3v) is 4.50. The predicted molar refractivity (Wildman–Crippen MR) is 101 cm³/mol. The van der Waals surface area contributed by atoms with Crippen molar-refractivity contribution in [1.29, 1.82) is 0 Å². The van der Waals surface area contributed by atoms with Crippen LogP contribution in [-0.2, 0) is 6.54 Å². The maximum absolute atomic E-state index is 12.9. The molecule has 1 aromatic heterocycles. The molecule has 1 heterocycles. The van der Waals surface area contributed by atoms with Crippen molar-refractivity contribution in [2.45, 2.75) is 44.7 Å². The average Bonchev–Trinajstić information content (AvgIpc) is 2.64.